The first-order valence-electron chi connectivity index (χ1n) is 8.06. The molecule has 7 nitrogen and oxygen atoms in total. The van der Waals surface area contributed by atoms with E-state index in [0.717, 1.165) is 28.7 Å². The first-order chi connectivity index (χ1) is 13.9. The second kappa shape index (κ2) is 9.45. The molecule has 3 rings (SSSR count). The molecule has 0 bridgehead atoms. The zero-order valence-electron chi connectivity index (χ0n) is 14.8. The van der Waals surface area contributed by atoms with Gasteiger partial charge in [-0.1, -0.05) is 53.2 Å². The molecule has 1 N–H and O–H groups in total. The average Bonchev–Trinajstić information content (AvgIpc) is 3.13. The highest BCUT2D eigenvalue weighted by Gasteiger charge is 2.25. The van der Waals surface area contributed by atoms with Crippen LogP contribution in [-0.4, -0.2) is 22.9 Å². The minimum atomic E-state index is -0.543. The van der Waals surface area contributed by atoms with Crippen LogP contribution in [0.1, 0.15) is 15.2 Å². The lowest BCUT2D eigenvalue weighted by Gasteiger charge is -2.08. The zero-order valence-corrected chi connectivity index (χ0v) is 18.0. The number of nitrogens with zero attached hydrogens (tertiary/aromatic N) is 2. The summed E-state index contributed by atoms with van der Waals surface area (Å²) in [6.45, 7) is 0.221. The van der Waals surface area contributed by atoms with Crippen LogP contribution in [-0.2, 0) is 6.54 Å². The maximum atomic E-state index is 12.6. The van der Waals surface area contributed by atoms with Crippen molar-refractivity contribution in [3.05, 3.63) is 73.3 Å². The molecular formula is C18H13Cl2N3O4S2. The monoisotopic (exact) mass is 469 g/mol. The fourth-order valence-electron chi connectivity index (χ4n) is 2.38. The number of thiophene rings is 1. The molecular weight excluding hydrogens is 457 g/mol. The molecule has 0 spiro atoms. The normalized spacial score (nSPS) is 10.6. The van der Waals surface area contributed by atoms with Crippen LogP contribution in [0.3, 0.4) is 0 Å². The smallest absolute Gasteiger partial charge is 0.294 e. The number of nitro groups is 1. The van der Waals surface area contributed by atoms with E-state index in [4.69, 9.17) is 27.9 Å². The van der Waals surface area contributed by atoms with Gasteiger partial charge in [0, 0.05) is 30.6 Å². The van der Waals surface area contributed by atoms with Crippen molar-refractivity contribution in [2.75, 3.05) is 7.11 Å². The van der Waals surface area contributed by atoms with Gasteiger partial charge in [-0.05, 0) is 6.07 Å². The van der Waals surface area contributed by atoms with E-state index in [9.17, 15) is 14.9 Å². The number of hydrogen-bond donors (Lipinski definition) is 1. The Balaban J connectivity index is 1.82. The van der Waals surface area contributed by atoms with Crippen molar-refractivity contribution in [2.24, 2.45) is 0 Å². The van der Waals surface area contributed by atoms with Gasteiger partial charge >= 0.3 is 0 Å². The summed E-state index contributed by atoms with van der Waals surface area (Å²) in [5, 5.41) is 14.7. The highest BCUT2D eigenvalue weighted by molar-refractivity contribution is 8.01. The van der Waals surface area contributed by atoms with E-state index in [-0.39, 0.29) is 27.2 Å². The number of amides is 1. The summed E-state index contributed by atoms with van der Waals surface area (Å²) in [6.07, 6.45) is 2.80. The molecule has 2 aromatic heterocycles. The molecule has 0 atom stereocenters. The average molecular weight is 470 g/mol. The second-order valence-corrected chi connectivity index (χ2v) is 8.71. The third kappa shape index (κ3) is 4.99. The number of benzene rings is 1. The van der Waals surface area contributed by atoms with E-state index >= 15 is 0 Å². The molecule has 1 aromatic carbocycles. The number of para-hydroxylation sites is 1. The number of hydrogen-bond acceptors (Lipinski definition) is 7. The number of pyridine rings is 1. The molecule has 3 aromatic rings. The quantitative estimate of drug-likeness (QED) is 0.365. The molecule has 29 heavy (non-hydrogen) atoms. The van der Waals surface area contributed by atoms with Crippen LogP contribution in [0, 0.1) is 10.1 Å². The predicted octanol–water partition coefficient (Wildman–Crippen LogP) is 5.45. The Morgan fingerprint density at radius 2 is 2.00 bits per heavy atom. The van der Waals surface area contributed by atoms with Crippen LogP contribution in [0.5, 0.6) is 5.75 Å². The number of ether oxygens (including phenoxy) is 1. The number of carbonyl (C=O) groups excluding carboxylic acids is 1. The fourth-order valence-corrected chi connectivity index (χ4v) is 5.16. The molecule has 150 valence electrons. The predicted molar refractivity (Wildman–Crippen MR) is 114 cm³/mol. The van der Waals surface area contributed by atoms with Crippen LogP contribution in [0.2, 0.25) is 10.0 Å². The Bertz CT molecular complexity index is 1050. The Kier molecular flexibility index (Phi) is 6.96. The van der Waals surface area contributed by atoms with Gasteiger partial charge in [-0.25, -0.2) is 0 Å². The summed E-state index contributed by atoms with van der Waals surface area (Å²) in [6, 6.07) is 8.51. The lowest BCUT2D eigenvalue weighted by Crippen LogP contribution is -2.22. The van der Waals surface area contributed by atoms with Crippen LogP contribution < -0.4 is 10.1 Å². The van der Waals surface area contributed by atoms with Crippen molar-refractivity contribution in [3.8, 4) is 5.75 Å². The van der Waals surface area contributed by atoms with Crippen LogP contribution in [0.25, 0.3) is 0 Å². The van der Waals surface area contributed by atoms with Crippen molar-refractivity contribution >= 4 is 57.9 Å². The number of aromatic nitrogens is 1. The summed E-state index contributed by atoms with van der Waals surface area (Å²) in [4.78, 5) is 28.0. The van der Waals surface area contributed by atoms with Crippen molar-refractivity contribution in [1.82, 2.24) is 10.3 Å². The Morgan fingerprint density at radius 3 is 2.66 bits per heavy atom. The minimum Gasteiger partial charge on any atom is -0.496 e. The standard InChI is InChI=1S/C18H13Cl2N3O4S2/c1-27-14-5-3-2-4-10(14)7-22-17(24)15-6-13(23(25)26)18(28-15)29-16-11(19)8-21-9-12(16)20/h2-6,8-9H,7H2,1H3,(H,22,24). The molecule has 0 aliphatic heterocycles. The van der Waals surface area contributed by atoms with Gasteiger partial charge in [-0.15, -0.1) is 11.3 Å². The van der Waals surface area contributed by atoms with Crippen LogP contribution in [0.4, 0.5) is 5.69 Å². The third-order valence-electron chi connectivity index (χ3n) is 3.74. The summed E-state index contributed by atoms with van der Waals surface area (Å²) in [5.74, 6) is 0.214. The van der Waals surface area contributed by atoms with Gasteiger partial charge in [-0.3, -0.25) is 19.9 Å². The summed E-state index contributed by atoms with van der Waals surface area (Å²) >= 11 is 14.2. The van der Waals surface area contributed by atoms with Crippen molar-refractivity contribution < 1.29 is 14.5 Å². The van der Waals surface area contributed by atoms with Gasteiger partial charge in [0.1, 0.15) is 14.8 Å². The Labute approximate surface area is 184 Å². The number of rotatable bonds is 7. The number of carbonyl (C=O) groups is 1. The van der Waals surface area contributed by atoms with E-state index in [2.05, 4.69) is 10.3 Å². The molecule has 0 saturated carbocycles. The summed E-state index contributed by atoms with van der Waals surface area (Å²) < 4.78 is 5.55. The SMILES string of the molecule is COc1ccccc1CNC(=O)c1cc([N+](=O)[O-])c(Sc2c(Cl)cncc2Cl)s1. The topological polar surface area (TPSA) is 94.4 Å². The molecule has 0 aliphatic rings. The molecule has 0 radical (unpaired) electrons. The number of methoxy groups -OCH3 is 1. The van der Waals surface area contributed by atoms with Crippen LogP contribution in [0.15, 0.2) is 51.8 Å². The van der Waals surface area contributed by atoms with Crippen molar-refractivity contribution in [2.45, 2.75) is 15.6 Å². The lowest BCUT2D eigenvalue weighted by atomic mass is 10.2. The largest absolute Gasteiger partial charge is 0.496 e. The zero-order chi connectivity index (χ0) is 21.0. The van der Waals surface area contributed by atoms with Gasteiger partial charge < -0.3 is 10.1 Å². The van der Waals surface area contributed by atoms with Crippen molar-refractivity contribution in [3.63, 3.8) is 0 Å². The molecule has 2 heterocycles. The highest BCUT2D eigenvalue weighted by atomic mass is 35.5. The summed E-state index contributed by atoms with van der Waals surface area (Å²) in [5.41, 5.74) is 0.603. The molecule has 11 heteroatoms. The van der Waals surface area contributed by atoms with E-state index in [1.54, 1.807) is 13.2 Å². The molecule has 0 aliphatic carbocycles. The van der Waals surface area contributed by atoms with E-state index < -0.39 is 10.8 Å². The fraction of sp³-hybridized carbons (Fsp3) is 0.111. The van der Waals surface area contributed by atoms with E-state index in [1.807, 2.05) is 18.2 Å². The van der Waals surface area contributed by atoms with Gasteiger partial charge in [0.2, 0.25) is 0 Å². The van der Waals surface area contributed by atoms with Crippen molar-refractivity contribution in [1.29, 1.82) is 0 Å². The number of nitrogens with one attached hydrogen (secondary N) is 1. The maximum Gasteiger partial charge on any atom is 0.294 e. The van der Waals surface area contributed by atoms with Crippen LogP contribution >= 0.6 is 46.3 Å². The Morgan fingerprint density at radius 1 is 1.31 bits per heavy atom. The Hall–Kier alpha value is -2.33. The first kappa shape index (κ1) is 21.4. The van der Waals surface area contributed by atoms with Gasteiger partial charge in [-0.2, -0.15) is 0 Å². The molecule has 0 unspecified atom stereocenters. The molecule has 0 saturated heterocycles. The maximum absolute atomic E-state index is 12.6. The summed E-state index contributed by atoms with van der Waals surface area (Å²) in [7, 11) is 1.54. The van der Waals surface area contributed by atoms with Gasteiger partial charge in [0.15, 0.2) is 0 Å². The number of halogens is 2. The third-order valence-corrected chi connectivity index (χ3v) is 6.99. The lowest BCUT2D eigenvalue weighted by molar-refractivity contribution is -0.387. The molecule has 1 amide bonds. The second-order valence-electron chi connectivity index (χ2n) is 5.57. The van der Waals surface area contributed by atoms with E-state index in [0.29, 0.717) is 14.9 Å². The highest BCUT2D eigenvalue weighted by Crippen LogP contribution is 2.45. The van der Waals surface area contributed by atoms with Gasteiger partial charge in [0.05, 0.1) is 27.0 Å². The minimum absolute atomic E-state index is 0.189. The van der Waals surface area contributed by atoms with E-state index in [1.165, 1.54) is 18.5 Å². The molecule has 0 fully saturated rings. The van der Waals surface area contributed by atoms with Gasteiger partial charge in [0.25, 0.3) is 11.6 Å². The first-order valence-corrected chi connectivity index (χ1v) is 10.4.